The average Bonchev–Trinajstić information content (AvgIpc) is 2.62. The van der Waals surface area contributed by atoms with E-state index in [0.29, 0.717) is 6.54 Å². The lowest BCUT2D eigenvalue weighted by Gasteiger charge is -2.05. The molecule has 0 spiro atoms. The van der Waals surface area contributed by atoms with Crippen LogP contribution in [0.25, 0.3) is 0 Å². The Labute approximate surface area is 94.1 Å². The highest BCUT2D eigenvalue weighted by atomic mass is 32.1. The molecule has 2 amide bonds. The third kappa shape index (κ3) is 4.78. The highest BCUT2D eigenvalue weighted by Crippen LogP contribution is 2.10. The third-order valence-corrected chi connectivity index (χ3v) is 2.82. The zero-order chi connectivity index (χ0) is 11.1. The van der Waals surface area contributed by atoms with Gasteiger partial charge in [0, 0.05) is 17.6 Å². The molecule has 1 rings (SSSR count). The average molecular weight is 227 g/mol. The fourth-order valence-corrected chi connectivity index (χ4v) is 1.83. The van der Waals surface area contributed by atoms with Crippen molar-refractivity contribution in [2.75, 3.05) is 6.54 Å². The van der Waals surface area contributed by atoms with Crippen LogP contribution in [0.2, 0.25) is 0 Å². The Balaban J connectivity index is 2.16. The van der Waals surface area contributed by atoms with Crippen LogP contribution < -0.4 is 10.6 Å². The van der Waals surface area contributed by atoms with Gasteiger partial charge in [0.15, 0.2) is 0 Å². The first kappa shape index (κ1) is 12.0. The summed E-state index contributed by atoms with van der Waals surface area (Å²) in [7, 11) is 0. The SMILES string of the molecule is CCCCNC(=O)NCc1cnc(C)s1. The number of amides is 2. The largest absolute Gasteiger partial charge is 0.338 e. The van der Waals surface area contributed by atoms with Crippen molar-refractivity contribution in [2.45, 2.75) is 33.2 Å². The molecule has 0 radical (unpaired) electrons. The van der Waals surface area contributed by atoms with Crippen molar-refractivity contribution in [3.05, 3.63) is 16.1 Å². The lowest BCUT2D eigenvalue weighted by atomic mass is 10.3. The van der Waals surface area contributed by atoms with Gasteiger partial charge in [-0.2, -0.15) is 0 Å². The number of aryl methyl sites for hydroxylation is 1. The number of hydrogen-bond donors (Lipinski definition) is 2. The number of rotatable bonds is 5. The Morgan fingerprint density at radius 3 is 2.93 bits per heavy atom. The predicted molar refractivity (Wildman–Crippen MR) is 62.0 cm³/mol. The summed E-state index contributed by atoms with van der Waals surface area (Å²) in [6.07, 6.45) is 3.91. The molecule has 5 heteroatoms. The zero-order valence-electron chi connectivity index (χ0n) is 9.17. The maximum Gasteiger partial charge on any atom is 0.315 e. The number of nitrogens with one attached hydrogen (secondary N) is 2. The van der Waals surface area contributed by atoms with E-state index < -0.39 is 0 Å². The van der Waals surface area contributed by atoms with Gasteiger partial charge in [-0.15, -0.1) is 11.3 Å². The smallest absolute Gasteiger partial charge is 0.315 e. The molecule has 0 aliphatic heterocycles. The molecule has 0 bridgehead atoms. The first-order chi connectivity index (χ1) is 7.22. The Morgan fingerprint density at radius 1 is 1.53 bits per heavy atom. The topological polar surface area (TPSA) is 54.0 Å². The van der Waals surface area contributed by atoms with Gasteiger partial charge < -0.3 is 10.6 Å². The molecule has 1 aromatic heterocycles. The first-order valence-electron chi connectivity index (χ1n) is 5.15. The van der Waals surface area contributed by atoms with Crippen molar-refractivity contribution >= 4 is 17.4 Å². The number of nitrogens with zero attached hydrogens (tertiary/aromatic N) is 1. The Morgan fingerprint density at radius 2 is 2.33 bits per heavy atom. The lowest BCUT2D eigenvalue weighted by Crippen LogP contribution is -2.35. The summed E-state index contributed by atoms with van der Waals surface area (Å²) in [5, 5.41) is 6.61. The highest BCUT2D eigenvalue weighted by Gasteiger charge is 2.01. The molecule has 0 saturated carbocycles. The van der Waals surface area contributed by atoms with Gasteiger partial charge in [-0.25, -0.2) is 9.78 Å². The molecule has 0 aliphatic carbocycles. The van der Waals surface area contributed by atoms with Crippen LogP contribution in [0, 0.1) is 6.92 Å². The molecule has 1 heterocycles. The van der Waals surface area contributed by atoms with E-state index in [1.54, 1.807) is 17.5 Å². The van der Waals surface area contributed by atoms with Crippen molar-refractivity contribution in [3.63, 3.8) is 0 Å². The van der Waals surface area contributed by atoms with Crippen LogP contribution in [0.3, 0.4) is 0 Å². The molecular weight excluding hydrogens is 210 g/mol. The summed E-state index contributed by atoms with van der Waals surface area (Å²) in [4.78, 5) is 16.5. The molecule has 0 unspecified atom stereocenters. The Bertz CT molecular complexity index is 311. The van der Waals surface area contributed by atoms with Gasteiger partial charge in [0.25, 0.3) is 0 Å². The summed E-state index contributed by atoms with van der Waals surface area (Å²) in [5.41, 5.74) is 0. The Kier molecular flexibility index (Phi) is 5.10. The Hall–Kier alpha value is -1.10. The maximum absolute atomic E-state index is 11.3. The van der Waals surface area contributed by atoms with Gasteiger partial charge in [0.05, 0.1) is 11.6 Å². The highest BCUT2D eigenvalue weighted by molar-refractivity contribution is 7.11. The standard InChI is InChI=1S/C10H17N3OS/c1-3-4-5-11-10(14)13-7-9-6-12-8(2)15-9/h6H,3-5,7H2,1-2H3,(H2,11,13,14). The van der Waals surface area contributed by atoms with Crippen LogP contribution >= 0.6 is 11.3 Å². The quantitative estimate of drug-likeness (QED) is 0.756. The number of carbonyl (C=O) groups excluding carboxylic acids is 1. The molecule has 0 saturated heterocycles. The number of urea groups is 1. The van der Waals surface area contributed by atoms with E-state index in [1.807, 2.05) is 6.92 Å². The predicted octanol–water partition coefficient (Wildman–Crippen LogP) is 2.05. The maximum atomic E-state index is 11.3. The molecule has 0 aromatic carbocycles. The minimum atomic E-state index is -0.102. The van der Waals surface area contributed by atoms with Gasteiger partial charge in [0.2, 0.25) is 0 Å². The molecule has 15 heavy (non-hydrogen) atoms. The molecule has 4 nitrogen and oxygen atoms in total. The zero-order valence-corrected chi connectivity index (χ0v) is 9.99. The lowest BCUT2D eigenvalue weighted by molar-refractivity contribution is 0.240. The van der Waals surface area contributed by atoms with E-state index >= 15 is 0 Å². The summed E-state index contributed by atoms with van der Waals surface area (Å²) in [6, 6.07) is -0.102. The van der Waals surface area contributed by atoms with Gasteiger partial charge in [0.1, 0.15) is 0 Å². The van der Waals surface area contributed by atoms with Crippen LogP contribution in [0.1, 0.15) is 29.7 Å². The second-order valence-corrected chi connectivity index (χ2v) is 4.63. The van der Waals surface area contributed by atoms with Crippen molar-refractivity contribution in [3.8, 4) is 0 Å². The fourth-order valence-electron chi connectivity index (χ4n) is 1.10. The minimum Gasteiger partial charge on any atom is -0.338 e. The number of unbranched alkanes of at least 4 members (excludes halogenated alkanes) is 1. The van der Waals surface area contributed by atoms with Crippen molar-refractivity contribution in [1.82, 2.24) is 15.6 Å². The van der Waals surface area contributed by atoms with Gasteiger partial charge in [-0.1, -0.05) is 13.3 Å². The molecule has 1 aromatic rings. The van der Waals surface area contributed by atoms with Gasteiger partial charge >= 0.3 is 6.03 Å². The number of carbonyl (C=O) groups is 1. The van der Waals surface area contributed by atoms with E-state index in [2.05, 4.69) is 22.5 Å². The second-order valence-electron chi connectivity index (χ2n) is 3.31. The number of hydrogen-bond acceptors (Lipinski definition) is 3. The number of aromatic nitrogens is 1. The summed E-state index contributed by atoms with van der Waals surface area (Å²) in [6.45, 7) is 5.35. The van der Waals surface area contributed by atoms with E-state index in [9.17, 15) is 4.79 Å². The van der Waals surface area contributed by atoms with E-state index in [-0.39, 0.29) is 6.03 Å². The molecule has 84 valence electrons. The van der Waals surface area contributed by atoms with Crippen LogP contribution in [-0.2, 0) is 6.54 Å². The summed E-state index contributed by atoms with van der Waals surface area (Å²) >= 11 is 1.60. The fraction of sp³-hybridized carbons (Fsp3) is 0.600. The summed E-state index contributed by atoms with van der Waals surface area (Å²) < 4.78 is 0. The summed E-state index contributed by atoms with van der Waals surface area (Å²) in [5.74, 6) is 0. The monoisotopic (exact) mass is 227 g/mol. The molecule has 0 atom stereocenters. The van der Waals surface area contributed by atoms with Crippen LogP contribution in [0.15, 0.2) is 6.20 Å². The molecule has 0 aliphatic rings. The molecule has 2 N–H and O–H groups in total. The third-order valence-electron chi connectivity index (χ3n) is 1.91. The van der Waals surface area contributed by atoms with E-state index in [1.165, 1.54) is 0 Å². The van der Waals surface area contributed by atoms with E-state index in [0.717, 1.165) is 29.3 Å². The van der Waals surface area contributed by atoms with Crippen LogP contribution in [0.5, 0.6) is 0 Å². The van der Waals surface area contributed by atoms with Crippen LogP contribution in [0.4, 0.5) is 4.79 Å². The van der Waals surface area contributed by atoms with Gasteiger partial charge in [-0.3, -0.25) is 0 Å². The van der Waals surface area contributed by atoms with Crippen molar-refractivity contribution in [2.24, 2.45) is 0 Å². The second kappa shape index (κ2) is 6.40. The van der Waals surface area contributed by atoms with Crippen molar-refractivity contribution in [1.29, 1.82) is 0 Å². The van der Waals surface area contributed by atoms with Gasteiger partial charge in [-0.05, 0) is 13.3 Å². The number of thiazole rings is 1. The first-order valence-corrected chi connectivity index (χ1v) is 5.97. The minimum absolute atomic E-state index is 0.102. The molecule has 0 fully saturated rings. The van der Waals surface area contributed by atoms with E-state index in [4.69, 9.17) is 0 Å². The van der Waals surface area contributed by atoms with Crippen molar-refractivity contribution < 1.29 is 4.79 Å². The normalized spacial score (nSPS) is 10.0. The molecular formula is C10H17N3OS. The van der Waals surface area contributed by atoms with Crippen LogP contribution in [-0.4, -0.2) is 17.6 Å².